The summed E-state index contributed by atoms with van der Waals surface area (Å²) >= 11 is 0. The summed E-state index contributed by atoms with van der Waals surface area (Å²) in [5, 5.41) is 5.70. The molecule has 12 aromatic rings. The number of hydrogen-bond donors (Lipinski definition) is 0. The average molecular weight is 1080 g/mol. The zero-order valence-corrected chi connectivity index (χ0v) is 42.6. The Labute approximate surface area is 416 Å². The number of aromatic nitrogens is 6. The minimum atomic E-state index is -0.161. The fraction of sp³-hybridized carbons (Fsp3) is 0.197. The van der Waals surface area contributed by atoms with Gasteiger partial charge in [-0.2, -0.15) is 18.2 Å². The van der Waals surface area contributed by atoms with E-state index in [1.165, 1.54) is 27.5 Å². The molecule has 0 saturated carbocycles. The molecule has 5 heterocycles. The number of para-hydroxylation sites is 3. The fourth-order valence-corrected chi connectivity index (χ4v) is 10.2. The van der Waals surface area contributed by atoms with Crippen molar-refractivity contribution in [1.82, 2.24) is 23.5 Å². The molecule has 12 rings (SSSR count). The third-order valence-electron chi connectivity index (χ3n) is 13.5. The normalized spacial score (nSPS) is 12.6. The maximum absolute atomic E-state index is 6.76. The second-order valence-corrected chi connectivity index (χ2v) is 21.2. The van der Waals surface area contributed by atoms with Gasteiger partial charge in [-0.05, 0) is 85.8 Å². The summed E-state index contributed by atoms with van der Waals surface area (Å²) in [6.07, 6.45) is 5.79. The van der Waals surface area contributed by atoms with Crippen LogP contribution in [-0.4, -0.2) is 23.5 Å². The van der Waals surface area contributed by atoms with Crippen molar-refractivity contribution in [3.8, 4) is 28.7 Å². The quantitative estimate of drug-likeness (QED) is 0.0980. The van der Waals surface area contributed by atoms with Gasteiger partial charge in [-0.25, -0.2) is 9.97 Å². The van der Waals surface area contributed by atoms with E-state index in [2.05, 4.69) is 226 Å². The molecule has 0 radical (unpaired) electrons. The third-order valence-corrected chi connectivity index (χ3v) is 13.5. The first-order chi connectivity index (χ1) is 32.6. The Kier molecular flexibility index (Phi) is 10.3. The van der Waals surface area contributed by atoms with Crippen molar-refractivity contribution in [3.63, 3.8) is 0 Å². The Bertz CT molecular complexity index is 3990. The summed E-state index contributed by atoms with van der Waals surface area (Å²) in [5.41, 5.74) is 13.1. The van der Waals surface area contributed by atoms with Crippen LogP contribution in [0.2, 0.25) is 0 Å². The topological polar surface area (TPSA) is 53.2 Å². The molecule has 0 atom stereocenters. The van der Waals surface area contributed by atoms with E-state index in [0.717, 1.165) is 77.6 Å². The van der Waals surface area contributed by atoms with Gasteiger partial charge in [-0.1, -0.05) is 147 Å². The second-order valence-electron chi connectivity index (χ2n) is 21.2. The maximum Gasteiger partial charge on any atom is 0.268 e. The van der Waals surface area contributed by atoms with Crippen LogP contribution in [0.15, 0.2) is 152 Å². The zero-order valence-electron chi connectivity index (χ0n) is 40.3. The Morgan fingerprint density at radius 1 is 0.536 bits per heavy atom. The smallest absolute Gasteiger partial charge is 0.268 e. The summed E-state index contributed by atoms with van der Waals surface area (Å²) in [6, 6.07) is 58.7. The molecule has 0 aliphatic carbocycles. The van der Waals surface area contributed by atoms with Gasteiger partial charge >= 0.3 is 0 Å². The van der Waals surface area contributed by atoms with Gasteiger partial charge in [-0.3, -0.25) is 8.97 Å². The molecule has 8 heteroatoms. The first kappa shape index (κ1) is 44.4. The van der Waals surface area contributed by atoms with E-state index in [-0.39, 0.29) is 37.3 Å². The number of hydrogen-bond acceptors (Lipinski definition) is 3. The predicted octanol–water partition coefficient (Wildman–Crippen LogP) is 14.6. The second kappa shape index (κ2) is 16.0. The molecule has 7 aromatic carbocycles. The van der Waals surface area contributed by atoms with E-state index >= 15 is 0 Å². The molecule has 0 aliphatic rings. The summed E-state index contributed by atoms with van der Waals surface area (Å²) < 4.78 is 15.7. The minimum Gasteiger partial charge on any atom is -0.510 e. The van der Waals surface area contributed by atoms with Crippen molar-refractivity contribution >= 4 is 71.2 Å². The average Bonchev–Trinajstić information content (AvgIpc) is 3.99. The van der Waals surface area contributed by atoms with Crippen molar-refractivity contribution in [1.29, 1.82) is 0 Å². The number of fused-ring (bicyclic) bond motifs is 12. The zero-order chi connectivity index (χ0) is 46.9. The fourth-order valence-electron chi connectivity index (χ4n) is 10.2. The van der Waals surface area contributed by atoms with Crippen molar-refractivity contribution in [2.45, 2.75) is 78.6 Å². The van der Waals surface area contributed by atoms with Crippen molar-refractivity contribution in [2.24, 2.45) is 0 Å². The molecular weight excluding hydrogens is 1030 g/mol. The number of nitrogens with zero attached hydrogens (tertiary/aromatic N) is 6. The maximum atomic E-state index is 6.76. The molecule has 0 bridgehead atoms. The summed E-state index contributed by atoms with van der Waals surface area (Å²) in [5.74, 6) is 1.99. The molecule has 344 valence electrons. The van der Waals surface area contributed by atoms with Gasteiger partial charge < -0.3 is 13.9 Å². The number of ether oxygens (including phenoxy) is 1. The van der Waals surface area contributed by atoms with Crippen LogP contribution in [0.5, 0.6) is 11.5 Å². The molecule has 0 fully saturated rings. The summed E-state index contributed by atoms with van der Waals surface area (Å²) in [6.45, 7) is 20.4. The van der Waals surface area contributed by atoms with E-state index in [0.29, 0.717) is 11.5 Å². The van der Waals surface area contributed by atoms with Gasteiger partial charge in [0.15, 0.2) is 0 Å². The van der Waals surface area contributed by atoms with Gasteiger partial charge in [0, 0.05) is 55.1 Å². The monoisotopic (exact) mass is 1080 g/mol. The van der Waals surface area contributed by atoms with Crippen LogP contribution in [0.3, 0.4) is 0 Å². The number of benzene rings is 7. The Balaban J connectivity index is 0.00000520. The number of rotatable bonds is 5. The van der Waals surface area contributed by atoms with E-state index in [4.69, 9.17) is 14.7 Å². The van der Waals surface area contributed by atoms with Gasteiger partial charge in [0.05, 0.1) is 33.3 Å². The van der Waals surface area contributed by atoms with Crippen molar-refractivity contribution in [2.75, 3.05) is 0 Å². The van der Waals surface area contributed by atoms with E-state index in [1.807, 2.05) is 24.4 Å². The van der Waals surface area contributed by atoms with Crippen molar-refractivity contribution in [3.05, 3.63) is 187 Å². The minimum absolute atomic E-state index is 0. The Hall–Kier alpha value is -7.08. The SMILES string of the molecule is CC(C)(C)c1ccnc(-n2c3[c-]c(Oc4[c-]c(-n5[c-][n+](-c6c(C(C)(C)C)cccc6C(C)(C)C)c6cc7nc8c9ccccc9c9ccccc9n8c7cc65)ccc4)ccc3c3ccccc32)c1.[Pt]. The number of imidazole rings is 2. The first-order valence-electron chi connectivity index (χ1n) is 23.5. The van der Waals surface area contributed by atoms with Gasteiger partial charge in [0.25, 0.3) is 6.33 Å². The summed E-state index contributed by atoms with van der Waals surface area (Å²) in [7, 11) is 0. The Morgan fingerprint density at radius 2 is 1.17 bits per heavy atom. The molecule has 7 nitrogen and oxygen atoms in total. The van der Waals surface area contributed by atoms with Crippen molar-refractivity contribution < 1.29 is 30.4 Å². The van der Waals surface area contributed by atoms with Gasteiger partial charge in [0.2, 0.25) is 0 Å². The molecule has 0 aliphatic heterocycles. The van der Waals surface area contributed by atoms with Crippen LogP contribution >= 0.6 is 0 Å². The van der Waals surface area contributed by atoms with Crippen LogP contribution in [0, 0.1) is 18.5 Å². The molecule has 0 unspecified atom stereocenters. The largest absolute Gasteiger partial charge is 0.510 e. The summed E-state index contributed by atoms with van der Waals surface area (Å²) in [4.78, 5) is 10.3. The molecular formula is C61H52N6OPt-2. The van der Waals surface area contributed by atoms with Crippen LogP contribution < -0.4 is 9.30 Å². The number of pyridine rings is 2. The molecule has 0 amide bonds. The van der Waals surface area contributed by atoms with Gasteiger partial charge in [0.1, 0.15) is 11.5 Å². The molecule has 0 spiro atoms. The Morgan fingerprint density at radius 3 is 1.88 bits per heavy atom. The van der Waals surface area contributed by atoms with Crippen LogP contribution in [0.25, 0.3) is 88.4 Å². The molecule has 69 heavy (non-hydrogen) atoms. The van der Waals surface area contributed by atoms with Crippen LogP contribution in [0.4, 0.5) is 0 Å². The van der Waals surface area contributed by atoms with E-state index in [9.17, 15) is 0 Å². The first-order valence-corrected chi connectivity index (χ1v) is 23.5. The van der Waals surface area contributed by atoms with E-state index < -0.39 is 0 Å². The van der Waals surface area contributed by atoms with Gasteiger partial charge in [-0.15, -0.1) is 29.7 Å². The standard InChI is InChI=1S/C61H52N6O.Pt/c1-59(2,3)38-30-31-62-56(32-38)66-50-26-14-13-22-44(50)45-29-28-41(34-52(45)66)68-40-19-16-18-39(33-40)64-37-65(57-47(60(4,5)6)24-17-25-48(57)61(7,8)9)54-35-49-53(36-55(54)64)67-51-27-15-12-21-43(51)42-20-10-11-23-46(42)58(67)63-49;/h10-32,35-36H,1-9H3;/q-2;. The van der Waals surface area contributed by atoms with E-state index in [1.54, 1.807) is 0 Å². The molecule has 0 N–H and O–H groups in total. The van der Waals surface area contributed by atoms with Crippen LogP contribution in [0.1, 0.15) is 79.0 Å². The van der Waals surface area contributed by atoms with Crippen LogP contribution in [-0.2, 0) is 37.3 Å². The molecule has 0 saturated heterocycles. The third kappa shape index (κ3) is 7.24. The predicted molar refractivity (Wildman–Crippen MR) is 277 cm³/mol. The molecule has 5 aromatic heterocycles.